The largest absolute Gasteiger partial charge is 0.512 e. The van der Waals surface area contributed by atoms with Gasteiger partial charge in [0.05, 0.1) is 20.6 Å². The average molecular weight is 399 g/mol. The van der Waals surface area contributed by atoms with Gasteiger partial charge >= 0.3 is 5.97 Å². The SMILES string of the molecule is COC(=O)CC(C1=C(O)CC(C)(C)CC1=O)c1cc2cc(OC)ccc2[nH]c1=O. The maximum atomic E-state index is 12.9. The van der Waals surface area contributed by atoms with Crippen LogP contribution < -0.4 is 10.3 Å². The molecule has 1 aromatic carbocycles. The molecule has 2 aromatic rings. The number of ketones is 1. The van der Waals surface area contributed by atoms with Crippen LogP contribution in [-0.4, -0.2) is 36.1 Å². The number of carbonyl (C=O) groups excluding carboxylic acids is 2. The van der Waals surface area contributed by atoms with Crippen LogP contribution in [0.25, 0.3) is 10.9 Å². The Morgan fingerprint density at radius 2 is 1.93 bits per heavy atom. The number of benzene rings is 1. The molecule has 7 heteroatoms. The number of Topliss-reactive ketones (excluding diaryl/α,β-unsaturated/α-hetero) is 1. The molecule has 3 rings (SSSR count). The molecule has 1 heterocycles. The number of methoxy groups -OCH3 is 2. The van der Waals surface area contributed by atoms with Crippen LogP contribution in [-0.2, 0) is 14.3 Å². The lowest BCUT2D eigenvalue weighted by Crippen LogP contribution is -2.31. The second-order valence-electron chi connectivity index (χ2n) is 8.14. The Morgan fingerprint density at radius 3 is 2.55 bits per heavy atom. The van der Waals surface area contributed by atoms with Gasteiger partial charge in [-0.2, -0.15) is 0 Å². The first-order valence-corrected chi connectivity index (χ1v) is 9.38. The number of allylic oxidation sites excluding steroid dienone is 2. The van der Waals surface area contributed by atoms with E-state index < -0.39 is 17.4 Å². The number of nitrogens with one attached hydrogen (secondary N) is 1. The number of aliphatic hydroxyl groups excluding tert-OH is 1. The number of ether oxygens (including phenoxy) is 2. The van der Waals surface area contributed by atoms with Crippen molar-refractivity contribution in [2.45, 2.75) is 39.0 Å². The molecular weight excluding hydrogens is 374 g/mol. The first-order chi connectivity index (χ1) is 13.6. The third-order valence-electron chi connectivity index (χ3n) is 5.30. The van der Waals surface area contributed by atoms with E-state index in [0.29, 0.717) is 23.1 Å². The maximum Gasteiger partial charge on any atom is 0.306 e. The van der Waals surface area contributed by atoms with Gasteiger partial charge in [0.25, 0.3) is 5.56 Å². The lowest BCUT2D eigenvalue weighted by atomic mass is 9.72. The molecule has 1 atom stereocenters. The fourth-order valence-corrected chi connectivity index (χ4v) is 3.90. The Bertz CT molecular complexity index is 1060. The molecule has 1 aromatic heterocycles. The molecule has 7 nitrogen and oxygen atoms in total. The van der Waals surface area contributed by atoms with Crippen LogP contribution in [0, 0.1) is 5.41 Å². The molecule has 1 aliphatic rings. The van der Waals surface area contributed by atoms with Gasteiger partial charge in [0.2, 0.25) is 0 Å². The number of aromatic amines is 1. The van der Waals surface area contributed by atoms with Crippen molar-refractivity contribution >= 4 is 22.7 Å². The number of fused-ring (bicyclic) bond motifs is 1. The van der Waals surface area contributed by atoms with E-state index in [9.17, 15) is 19.5 Å². The molecular formula is C22H25NO6. The number of rotatable bonds is 5. The average Bonchev–Trinajstić information content (AvgIpc) is 2.64. The maximum absolute atomic E-state index is 12.9. The first kappa shape index (κ1) is 20.6. The Balaban J connectivity index is 2.20. The molecule has 2 N–H and O–H groups in total. The molecule has 154 valence electrons. The number of H-pyrrole nitrogens is 1. The summed E-state index contributed by atoms with van der Waals surface area (Å²) in [6, 6.07) is 6.84. The van der Waals surface area contributed by atoms with Crippen LogP contribution in [0.1, 0.15) is 44.6 Å². The van der Waals surface area contributed by atoms with Crippen LogP contribution in [0.5, 0.6) is 5.75 Å². The van der Waals surface area contributed by atoms with E-state index in [0.717, 1.165) is 0 Å². The Kier molecular flexibility index (Phi) is 5.50. The Morgan fingerprint density at radius 1 is 1.21 bits per heavy atom. The quantitative estimate of drug-likeness (QED) is 0.747. The smallest absolute Gasteiger partial charge is 0.306 e. The fraction of sp³-hybridized carbons (Fsp3) is 0.409. The summed E-state index contributed by atoms with van der Waals surface area (Å²) in [7, 11) is 2.79. The Hall–Kier alpha value is -3.09. The summed E-state index contributed by atoms with van der Waals surface area (Å²) in [4.78, 5) is 40.6. The highest BCUT2D eigenvalue weighted by atomic mass is 16.5. The lowest BCUT2D eigenvalue weighted by Gasteiger charge is -2.32. The van der Waals surface area contributed by atoms with E-state index in [4.69, 9.17) is 9.47 Å². The lowest BCUT2D eigenvalue weighted by molar-refractivity contribution is -0.140. The molecule has 0 radical (unpaired) electrons. The number of aliphatic hydroxyl groups is 1. The summed E-state index contributed by atoms with van der Waals surface area (Å²) < 4.78 is 10.0. The monoisotopic (exact) mass is 399 g/mol. The summed E-state index contributed by atoms with van der Waals surface area (Å²) in [6.45, 7) is 3.78. The molecule has 0 saturated carbocycles. The second-order valence-corrected chi connectivity index (χ2v) is 8.14. The summed E-state index contributed by atoms with van der Waals surface area (Å²) >= 11 is 0. The van der Waals surface area contributed by atoms with E-state index in [2.05, 4.69) is 4.98 Å². The highest BCUT2D eigenvalue weighted by Crippen LogP contribution is 2.41. The highest BCUT2D eigenvalue weighted by Gasteiger charge is 2.38. The van der Waals surface area contributed by atoms with Crippen molar-refractivity contribution in [3.63, 3.8) is 0 Å². The van der Waals surface area contributed by atoms with Gasteiger partial charge < -0.3 is 19.6 Å². The van der Waals surface area contributed by atoms with Gasteiger partial charge in [0.15, 0.2) is 5.78 Å². The van der Waals surface area contributed by atoms with Crippen molar-refractivity contribution in [2.24, 2.45) is 5.41 Å². The second kappa shape index (κ2) is 7.73. The van der Waals surface area contributed by atoms with Crippen molar-refractivity contribution in [3.05, 3.63) is 51.5 Å². The summed E-state index contributed by atoms with van der Waals surface area (Å²) in [6.07, 6.45) is 0.301. The molecule has 0 bridgehead atoms. The number of aromatic nitrogens is 1. The van der Waals surface area contributed by atoms with E-state index >= 15 is 0 Å². The minimum absolute atomic E-state index is 0.0784. The zero-order chi connectivity index (χ0) is 21.3. The molecule has 0 saturated heterocycles. The molecule has 29 heavy (non-hydrogen) atoms. The van der Waals surface area contributed by atoms with Gasteiger partial charge in [0, 0.05) is 40.8 Å². The third-order valence-corrected chi connectivity index (χ3v) is 5.30. The molecule has 1 aliphatic carbocycles. The number of carbonyl (C=O) groups is 2. The van der Waals surface area contributed by atoms with Crippen LogP contribution in [0.3, 0.4) is 0 Å². The van der Waals surface area contributed by atoms with Crippen molar-refractivity contribution in [1.29, 1.82) is 0 Å². The molecule has 0 spiro atoms. The van der Waals surface area contributed by atoms with Gasteiger partial charge in [-0.05, 0) is 29.7 Å². The third kappa shape index (κ3) is 4.18. The molecule has 0 fully saturated rings. The van der Waals surface area contributed by atoms with Crippen molar-refractivity contribution in [1.82, 2.24) is 4.98 Å². The number of hydrogen-bond acceptors (Lipinski definition) is 6. The number of pyridine rings is 1. The van der Waals surface area contributed by atoms with Crippen molar-refractivity contribution in [3.8, 4) is 5.75 Å². The van der Waals surface area contributed by atoms with Crippen LogP contribution in [0.15, 0.2) is 40.4 Å². The summed E-state index contributed by atoms with van der Waals surface area (Å²) in [5, 5.41) is 11.3. The van der Waals surface area contributed by atoms with Gasteiger partial charge in [-0.25, -0.2) is 0 Å². The van der Waals surface area contributed by atoms with E-state index in [1.54, 1.807) is 31.4 Å². The zero-order valence-electron chi connectivity index (χ0n) is 17.0. The van der Waals surface area contributed by atoms with Gasteiger partial charge in [-0.3, -0.25) is 14.4 Å². The van der Waals surface area contributed by atoms with Gasteiger partial charge in [-0.1, -0.05) is 13.8 Å². The Labute approximate surface area is 168 Å². The first-order valence-electron chi connectivity index (χ1n) is 9.38. The predicted octanol–water partition coefficient (Wildman–Crippen LogP) is 3.38. The zero-order valence-corrected chi connectivity index (χ0v) is 17.0. The van der Waals surface area contributed by atoms with Crippen LogP contribution >= 0.6 is 0 Å². The van der Waals surface area contributed by atoms with E-state index in [1.807, 2.05) is 13.8 Å². The minimum atomic E-state index is -0.898. The summed E-state index contributed by atoms with van der Waals surface area (Å²) in [5.74, 6) is -1.20. The van der Waals surface area contributed by atoms with Crippen LogP contribution in [0.2, 0.25) is 0 Å². The topological polar surface area (TPSA) is 106 Å². The molecule has 0 amide bonds. The normalized spacial score (nSPS) is 17.3. The van der Waals surface area contributed by atoms with Crippen LogP contribution in [0.4, 0.5) is 0 Å². The molecule has 0 aliphatic heterocycles. The predicted molar refractivity (Wildman–Crippen MR) is 108 cm³/mol. The summed E-state index contributed by atoms with van der Waals surface area (Å²) in [5.41, 5.74) is 0.136. The van der Waals surface area contributed by atoms with E-state index in [-0.39, 0.29) is 40.9 Å². The minimum Gasteiger partial charge on any atom is -0.512 e. The van der Waals surface area contributed by atoms with Crippen molar-refractivity contribution < 1.29 is 24.2 Å². The molecule has 1 unspecified atom stereocenters. The fourth-order valence-electron chi connectivity index (χ4n) is 3.90. The van der Waals surface area contributed by atoms with E-state index in [1.165, 1.54) is 7.11 Å². The van der Waals surface area contributed by atoms with Gasteiger partial charge in [0.1, 0.15) is 11.5 Å². The highest BCUT2D eigenvalue weighted by molar-refractivity contribution is 5.99. The van der Waals surface area contributed by atoms with Gasteiger partial charge in [-0.15, -0.1) is 0 Å². The number of hydrogen-bond donors (Lipinski definition) is 2. The number of esters is 1. The standard InChI is InChI=1S/C22H25NO6/c1-22(2)10-17(24)20(18(25)11-22)14(9-19(26)29-4)15-8-12-7-13(28-3)5-6-16(12)23-21(15)27/h5-8,14,24H,9-11H2,1-4H3,(H,23,27). The van der Waals surface area contributed by atoms with Crippen molar-refractivity contribution in [2.75, 3.05) is 14.2 Å².